The minimum atomic E-state index is -0.533. The van der Waals surface area contributed by atoms with Crippen molar-refractivity contribution in [1.29, 1.82) is 0 Å². The number of para-hydroxylation sites is 2. The summed E-state index contributed by atoms with van der Waals surface area (Å²) in [5.74, 6) is 2.01. The fourth-order valence-corrected chi connectivity index (χ4v) is 3.77. The van der Waals surface area contributed by atoms with Crippen LogP contribution in [0.2, 0.25) is 0 Å². The molecule has 168 valence electrons. The van der Waals surface area contributed by atoms with Gasteiger partial charge in [0.05, 0.1) is 13.2 Å². The number of aliphatic hydroxyl groups is 1. The molecule has 4 rings (SSSR count). The van der Waals surface area contributed by atoms with Crippen molar-refractivity contribution >= 4 is 5.91 Å². The van der Waals surface area contributed by atoms with Gasteiger partial charge in [0.15, 0.2) is 17.3 Å². The maximum absolute atomic E-state index is 12.8. The summed E-state index contributed by atoms with van der Waals surface area (Å²) in [4.78, 5) is 16.8. The molecule has 32 heavy (non-hydrogen) atoms. The van der Waals surface area contributed by atoms with Gasteiger partial charge >= 0.3 is 0 Å². The van der Waals surface area contributed by atoms with Crippen LogP contribution in [0.25, 0.3) is 0 Å². The van der Waals surface area contributed by atoms with E-state index in [9.17, 15) is 9.90 Å². The van der Waals surface area contributed by atoms with Crippen LogP contribution in [-0.4, -0.2) is 60.6 Å². The normalized spacial score (nSPS) is 15.4. The van der Waals surface area contributed by atoms with E-state index in [0.717, 1.165) is 5.56 Å². The Morgan fingerprint density at radius 2 is 1.66 bits per heavy atom. The minimum absolute atomic E-state index is 0.128. The number of piperazine rings is 1. The molecule has 0 aliphatic carbocycles. The zero-order valence-corrected chi connectivity index (χ0v) is 18.1. The minimum Gasteiger partial charge on any atom is -0.493 e. The third-order valence-corrected chi connectivity index (χ3v) is 5.59. The number of hydrogen-bond donors (Lipinski definition) is 1. The Bertz CT molecular complexity index is 1010. The zero-order chi connectivity index (χ0) is 22.3. The third-order valence-electron chi connectivity index (χ3n) is 5.59. The van der Waals surface area contributed by atoms with Crippen molar-refractivity contribution in [1.82, 2.24) is 9.80 Å². The van der Waals surface area contributed by atoms with E-state index in [-0.39, 0.29) is 12.5 Å². The first-order chi connectivity index (χ1) is 15.6. The summed E-state index contributed by atoms with van der Waals surface area (Å²) in [5, 5.41) is 10.4. The van der Waals surface area contributed by atoms with Gasteiger partial charge in [-0.2, -0.15) is 0 Å². The van der Waals surface area contributed by atoms with Gasteiger partial charge in [0.1, 0.15) is 12.4 Å². The molecule has 0 radical (unpaired) electrons. The van der Waals surface area contributed by atoms with E-state index in [1.54, 1.807) is 24.1 Å². The molecule has 7 nitrogen and oxygen atoms in total. The Labute approximate surface area is 187 Å². The molecule has 3 aromatic rings. The maximum Gasteiger partial charge on any atom is 0.289 e. The van der Waals surface area contributed by atoms with Gasteiger partial charge in [0, 0.05) is 32.7 Å². The fourth-order valence-electron chi connectivity index (χ4n) is 3.77. The number of nitrogens with zero attached hydrogens (tertiary/aromatic N) is 2. The Morgan fingerprint density at radius 3 is 2.38 bits per heavy atom. The van der Waals surface area contributed by atoms with Gasteiger partial charge in [0.2, 0.25) is 0 Å². The summed E-state index contributed by atoms with van der Waals surface area (Å²) in [6, 6.07) is 20.5. The van der Waals surface area contributed by atoms with Crippen molar-refractivity contribution in [3.05, 3.63) is 83.8 Å². The number of rotatable bonds is 8. The van der Waals surface area contributed by atoms with Gasteiger partial charge in [-0.1, -0.05) is 42.5 Å². The van der Waals surface area contributed by atoms with Crippen LogP contribution in [-0.2, 0) is 6.61 Å². The van der Waals surface area contributed by atoms with E-state index in [1.807, 2.05) is 54.6 Å². The van der Waals surface area contributed by atoms with E-state index in [4.69, 9.17) is 13.9 Å². The maximum atomic E-state index is 12.8. The van der Waals surface area contributed by atoms with Gasteiger partial charge < -0.3 is 23.9 Å². The second-order valence-electron chi connectivity index (χ2n) is 7.72. The Morgan fingerprint density at radius 1 is 0.969 bits per heavy atom. The lowest BCUT2D eigenvalue weighted by atomic mass is 10.1. The molecule has 1 aromatic heterocycles. The zero-order valence-electron chi connectivity index (χ0n) is 18.1. The number of hydrogen-bond acceptors (Lipinski definition) is 6. The van der Waals surface area contributed by atoms with Crippen molar-refractivity contribution in [2.24, 2.45) is 0 Å². The first kappa shape index (κ1) is 21.9. The summed E-state index contributed by atoms with van der Waals surface area (Å²) in [6.45, 7) is 3.36. The lowest BCUT2D eigenvalue weighted by molar-refractivity contribution is 0.0500. The highest BCUT2D eigenvalue weighted by Gasteiger charge is 2.25. The third kappa shape index (κ3) is 5.30. The van der Waals surface area contributed by atoms with Crippen LogP contribution in [0, 0.1) is 0 Å². The fraction of sp³-hybridized carbons (Fsp3) is 0.320. The topological polar surface area (TPSA) is 75.4 Å². The SMILES string of the molecule is COc1ccccc1OCc1ccc(C(=O)N2CCN(CC(O)c3ccccc3)CC2)o1. The summed E-state index contributed by atoms with van der Waals surface area (Å²) >= 11 is 0. The smallest absolute Gasteiger partial charge is 0.289 e. The predicted molar refractivity (Wildman–Crippen MR) is 120 cm³/mol. The standard InChI is InChI=1S/C25H28N2O5/c1-30-22-9-5-6-10-23(22)31-18-20-11-12-24(32-20)25(29)27-15-13-26(14-16-27)17-21(28)19-7-3-2-4-8-19/h2-12,21,28H,13-18H2,1H3. The summed E-state index contributed by atoms with van der Waals surface area (Å²) < 4.78 is 16.8. The van der Waals surface area contributed by atoms with Gasteiger partial charge in [-0.05, 0) is 29.8 Å². The quantitative estimate of drug-likeness (QED) is 0.584. The first-order valence-electron chi connectivity index (χ1n) is 10.7. The van der Waals surface area contributed by atoms with Gasteiger partial charge in [0.25, 0.3) is 5.91 Å². The molecule has 0 bridgehead atoms. The number of furan rings is 1. The number of ether oxygens (including phenoxy) is 2. The molecule has 2 heterocycles. The lowest BCUT2D eigenvalue weighted by Crippen LogP contribution is -2.49. The molecule has 1 unspecified atom stereocenters. The number of aliphatic hydroxyl groups excluding tert-OH is 1. The molecule has 1 aliphatic heterocycles. The summed E-state index contributed by atoms with van der Waals surface area (Å²) in [5.41, 5.74) is 0.907. The molecule has 7 heteroatoms. The van der Waals surface area contributed by atoms with Gasteiger partial charge in [-0.25, -0.2) is 0 Å². The number of carbonyl (C=O) groups excluding carboxylic acids is 1. The van der Waals surface area contributed by atoms with Crippen LogP contribution in [0.1, 0.15) is 28.0 Å². The highest BCUT2D eigenvalue weighted by Crippen LogP contribution is 2.27. The van der Waals surface area contributed by atoms with E-state index in [0.29, 0.717) is 55.7 Å². The summed E-state index contributed by atoms with van der Waals surface area (Å²) in [7, 11) is 1.59. The van der Waals surface area contributed by atoms with Crippen LogP contribution in [0.15, 0.2) is 71.1 Å². The van der Waals surface area contributed by atoms with Gasteiger partial charge in [-0.15, -0.1) is 0 Å². The van der Waals surface area contributed by atoms with Crippen molar-refractivity contribution < 1.29 is 23.8 Å². The first-order valence-corrected chi connectivity index (χ1v) is 10.7. The second kappa shape index (κ2) is 10.3. The van der Waals surface area contributed by atoms with Crippen molar-refractivity contribution in [3.8, 4) is 11.5 Å². The molecular weight excluding hydrogens is 408 g/mol. The molecule has 1 saturated heterocycles. The predicted octanol–water partition coefficient (Wildman–Crippen LogP) is 3.36. The molecule has 0 saturated carbocycles. The van der Waals surface area contributed by atoms with Crippen LogP contribution in [0.3, 0.4) is 0 Å². The highest BCUT2D eigenvalue weighted by atomic mass is 16.5. The highest BCUT2D eigenvalue weighted by molar-refractivity contribution is 5.91. The molecule has 1 amide bonds. The van der Waals surface area contributed by atoms with Gasteiger partial charge in [-0.3, -0.25) is 9.69 Å². The average Bonchev–Trinajstić information content (AvgIpc) is 3.32. The number of β-amino-alcohol motifs (C(OH)–C–C–N with tert-alkyl or cyclic N) is 1. The molecule has 1 fully saturated rings. The van der Waals surface area contributed by atoms with E-state index < -0.39 is 6.10 Å². The van der Waals surface area contributed by atoms with E-state index in [2.05, 4.69) is 4.90 Å². The average molecular weight is 437 g/mol. The summed E-state index contributed by atoms with van der Waals surface area (Å²) in [6.07, 6.45) is -0.533. The van der Waals surface area contributed by atoms with Crippen LogP contribution in [0.4, 0.5) is 0 Å². The molecule has 0 spiro atoms. The van der Waals surface area contributed by atoms with Crippen molar-refractivity contribution in [3.63, 3.8) is 0 Å². The Hall–Kier alpha value is -3.29. The number of methoxy groups -OCH3 is 1. The monoisotopic (exact) mass is 436 g/mol. The van der Waals surface area contributed by atoms with E-state index >= 15 is 0 Å². The Balaban J connectivity index is 1.27. The Kier molecular flexibility index (Phi) is 7.09. The molecule has 1 aliphatic rings. The second-order valence-corrected chi connectivity index (χ2v) is 7.72. The van der Waals surface area contributed by atoms with Crippen LogP contribution < -0.4 is 9.47 Å². The molecule has 1 N–H and O–H groups in total. The lowest BCUT2D eigenvalue weighted by Gasteiger charge is -2.35. The molecular formula is C25H28N2O5. The molecule has 1 atom stereocenters. The largest absolute Gasteiger partial charge is 0.493 e. The van der Waals surface area contributed by atoms with Crippen LogP contribution in [0.5, 0.6) is 11.5 Å². The number of benzene rings is 2. The number of carbonyl (C=O) groups is 1. The van der Waals surface area contributed by atoms with Crippen LogP contribution >= 0.6 is 0 Å². The number of amides is 1. The van der Waals surface area contributed by atoms with E-state index in [1.165, 1.54) is 0 Å². The molecule has 2 aromatic carbocycles. The van der Waals surface area contributed by atoms with Crippen molar-refractivity contribution in [2.75, 3.05) is 39.8 Å². The van der Waals surface area contributed by atoms with Crippen molar-refractivity contribution in [2.45, 2.75) is 12.7 Å².